The third kappa shape index (κ3) is 1.57. The van der Waals surface area contributed by atoms with E-state index in [0.717, 1.165) is 11.6 Å². The van der Waals surface area contributed by atoms with Crippen LogP contribution in [0.4, 0.5) is 17.6 Å². The van der Waals surface area contributed by atoms with Crippen molar-refractivity contribution in [1.82, 2.24) is 14.8 Å². The maximum absolute atomic E-state index is 12.8. The molecule has 0 saturated carbocycles. The predicted octanol–water partition coefficient (Wildman–Crippen LogP) is 0.631. The van der Waals surface area contributed by atoms with Crippen LogP contribution in [0.2, 0.25) is 0 Å². The number of halogens is 4. The lowest BCUT2D eigenvalue weighted by atomic mass is 10.3. The fourth-order valence-corrected chi connectivity index (χ4v) is 0.927. The average molecular weight is 212 g/mol. The summed E-state index contributed by atoms with van der Waals surface area (Å²) in [4.78, 5) is 0. The maximum Gasteiger partial charge on any atom is 0.365 e. The van der Waals surface area contributed by atoms with Gasteiger partial charge < -0.3 is 10.3 Å². The molecule has 80 valence electrons. The van der Waals surface area contributed by atoms with E-state index in [1.54, 1.807) is 0 Å². The Bertz CT molecular complexity index is 322. The Kier molecular flexibility index (Phi) is 2.74. The molecule has 0 aliphatic heterocycles. The first-order chi connectivity index (χ1) is 6.41. The normalized spacial score (nSPS) is 12.5. The van der Waals surface area contributed by atoms with Crippen LogP contribution < -0.4 is 5.73 Å². The van der Waals surface area contributed by atoms with Gasteiger partial charge in [0.2, 0.25) is 5.82 Å². The fraction of sp³-hybridized carbons (Fsp3) is 0.667. The molecule has 4 nitrogen and oxygen atoms in total. The molecule has 0 spiro atoms. The highest BCUT2D eigenvalue weighted by molar-refractivity contribution is 5.02. The van der Waals surface area contributed by atoms with E-state index in [1.165, 1.54) is 0 Å². The van der Waals surface area contributed by atoms with Crippen molar-refractivity contribution in [3.05, 3.63) is 11.6 Å². The lowest BCUT2D eigenvalue weighted by molar-refractivity contribution is -0.142. The van der Waals surface area contributed by atoms with Gasteiger partial charge >= 0.3 is 12.3 Å². The topological polar surface area (TPSA) is 56.7 Å². The molecule has 0 radical (unpaired) electrons. The molecule has 1 aromatic heterocycles. The second-order valence-corrected chi connectivity index (χ2v) is 2.63. The molecule has 1 aromatic rings. The molecule has 0 aliphatic rings. The highest BCUT2D eigenvalue weighted by Crippen LogP contribution is 2.32. The maximum atomic E-state index is 12.8. The van der Waals surface area contributed by atoms with E-state index in [-0.39, 0.29) is 12.4 Å². The number of hydrogen-bond acceptors (Lipinski definition) is 3. The van der Waals surface area contributed by atoms with Crippen molar-refractivity contribution >= 4 is 0 Å². The largest absolute Gasteiger partial charge is 0.365 e. The summed E-state index contributed by atoms with van der Waals surface area (Å²) in [6.07, 6.45) is -3.81. The van der Waals surface area contributed by atoms with Crippen molar-refractivity contribution in [3.8, 4) is 0 Å². The van der Waals surface area contributed by atoms with Crippen molar-refractivity contribution < 1.29 is 17.6 Å². The number of hydrogen-bond donors (Lipinski definition) is 1. The Morgan fingerprint density at radius 1 is 1.43 bits per heavy atom. The summed E-state index contributed by atoms with van der Waals surface area (Å²) in [5, 5.41) is 6.24. The van der Waals surface area contributed by atoms with Crippen molar-refractivity contribution in [2.45, 2.75) is 18.9 Å². The van der Waals surface area contributed by atoms with Gasteiger partial charge in [-0.3, -0.25) is 0 Å². The van der Waals surface area contributed by atoms with Crippen molar-refractivity contribution in [1.29, 1.82) is 0 Å². The van der Waals surface area contributed by atoms with Crippen LogP contribution in [0.25, 0.3) is 0 Å². The first kappa shape index (κ1) is 10.9. The summed E-state index contributed by atoms with van der Waals surface area (Å²) in [5.74, 6) is -5.34. The van der Waals surface area contributed by atoms with Gasteiger partial charge in [0.1, 0.15) is 5.82 Å². The zero-order valence-corrected chi connectivity index (χ0v) is 7.22. The van der Waals surface area contributed by atoms with Crippen LogP contribution in [-0.4, -0.2) is 21.2 Å². The SMILES string of the molecule is Cn1c(CN)nnc1C(F)(F)C(F)F. The minimum Gasteiger partial charge on any atom is -0.324 e. The standard InChI is InChI=1S/C6H8F4N4/c1-14-3(2-11)12-13-5(14)6(9,10)4(7)8/h4H,2,11H2,1H3. The van der Waals surface area contributed by atoms with E-state index in [9.17, 15) is 17.6 Å². The molecule has 0 fully saturated rings. The number of nitrogens with zero attached hydrogens (tertiary/aromatic N) is 3. The van der Waals surface area contributed by atoms with E-state index < -0.39 is 18.2 Å². The minimum absolute atomic E-state index is 0.0281. The molecule has 1 rings (SSSR count). The van der Waals surface area contributed by atoms with Gasteiger partial charge in [-0.1, -0.05) is 0 Å². The summed E-state index contributed by atoms with van der Waals surface area (Å²) in [6.45, 7) is -0.136. The van der Waals surface area contributed by atoms with E-state index in [0.29, 0.717) is 0 Å². The summed E-state index contributed by atoms with van der Waals surface area (Å²) < 4.78 is 50.2. The third-order valence-corrected chi connectivity index (χ3v) is 1.72. The van der Waals surface area contributed by atoms with Gasteiger partial charge in [0.05, 0.1) is 6.54 Å². The molecule has 1 heterocycles. The number of aromatic nitrogens is 3. The zero-order chi connectivity index (χ0) is 10.9. The van der Waals surface area contributed by atoms with Gasteiger partial charge in [0.15, 0.2) is 0 Å². The quantitative estimate of drug-likeness (QED) is 0.747. The lowest BCUT2D eigenvalue weighted by Crippen LogP contribution is -2.27. The van der Waals surface area contributed by atoms with Crippen LogP contribution >= 0.6 is 0 Å². The lowest BCUT2D eigenvalue weighted by Gasteiger charge is -2.13. The molecular weight excluding hydrogens is 204 g/mol. The van der Waals surface area contributed by atoms with Gasteiger partial charge in [-0.25, -0.2) is 8.78 Å². The highest BCUT2D eigenvalue weighted by Gasteiger charge is 2.47. The second-order valence-electron chi connectivity index (χ2n) is 2.63. The molecule has 0 amide bonds. The highest BCUT2D eigenvalue weighted by atomic mass is 19.3. The van der Waals surface area contributed by atoms with Crippen LogP contribution in [0.3, 0.4) is 0 Å². The first-order valence-corrected chi connectivity index (χ1v) is 3.66. The van der Waals surface area contributed by atoms with E-state index in [1.807, 2.05) is 0 Å². The zero-order valence-electron chi connectivity index (χ0n) is 7.22. The molecule has 14 heavy (non-hydrogen) atoms. The number of nitrogens with two attached hydrogens (primary N) is 1. The molecule has 2 N–H and O–H groups in total. The summed E-state index contributed by atoms with van der Waals surface area (Å²) >= 11 is 0. The summed E-state index contributed by atoms with van der Waals surface area (Å²) in [7, 11) is 1.16. The van der Waals surface area contributed by atoms with Gasteiger partial charge in [-0.05, 0) is 0 Å². The molecule has 0 saturated heterocycles. The Labute approximate surface area is 76.7 Å². The van der Waals surface area contributed by atoms with Gasteiger partial charge in [0, 0.05) is 7.05 Å². The van der Waals surface area contributed by atoms with Crippen LogP contribution in [0.15, 0.2) is 0 Å². The molecule has 0 atom stereocenters. The average Bonchev–Trinajstić information content (AvgIpc) is 2.46. The monoisotopic (exact) mass is 212 g/mol. The number of alkyl halides is 4. The van der Waals surface area contributed by atoms with Gasteiger partial charge in [-0.2, -0.15) is 8.78 Å². The molecule has 0 aliphatic carbocycles. The summed E-state index contributed by atoms with van der Waals surface area (Å²) in [6, 6.07) is 0. The minimum atomic E-state index is -4.30. The molecule has 0 unspecified atom stereocenters. The van der Waals surface area contributed by atoms with Crippen molar-refractivity contribution in [3.63, 3.8) is 0 Å². The Balaban J connectivity index is 3.13. The molecule has 0 aromatic carbocycles. The van der Waals surface area contributed by atoms with Crippen LogP contribution in [-0.2, 0) is 19.5 Å². The summed E-state index contributed by atoms with van der Waals surface area (Å²) in [5.41, 5.74) is 5.13. The second kappa shape index (κ2) is 3.52. The number of rotatable bonds is 3. The smallest absolute Gasteiger partial charge is 0.324 e. The van der Waals surface area contributed by atoms with E-state index in [2.05, 4.69) is 10.2 Å². The Morgan fingerprint density at radius 3 is 2.36 bits per heavy atom. The Morgan fingerprint density at radius 2 is 2.00 bits per heavy atom. The Hall–Kier alpha value is -1.18. The van der Waals surface area contributed by atoms with Gasteiger partial charge in [-0.15, -0.1) is 10.2 Å². The fourth-order valence-electron chi connectivity index (χ4n) is 0.927. The molecular formula is C6H8F4N4. The van der Waals surface area contributed by atoms with Crippen molar-refractivity contribution in [2.24, 2.45) is 12.8 Å². The van der Waals surface area contributed by atoms with Crippen LogP contribution in [0, 0.1) is 0 Å². The molecule has 0 bridgehead atoms. The third-order valence-electron chi connectivity index (χ3n) is 1.72. The van der Waals surface area contributed by atoms with E-state index in [4.69, 9.17) is 5.73 Å². The van der Waals surface area contributed by atoms with Crippen LogP contribution in [0.1, 0.15) is 11.6 Å². The van der Waals surface area contributed by atoms with Gasteiger partial charge in [0.25, 0.3) is 0 Å². The molecule has 8 heteroatoms. The van der Waals surface area contributed by atoms with E-state index >= 15 is 0 Å². The van der Waals surface area contributed by atoms with Crippen LogP contribution in [0.5, 0.6) is 0 Å². The first-order valence-electron chi connectivity index (χ1n) is 3.66. The predicted molar refractivity (Wildman–Crippen MR) is 38.8 cm³/mol. The van der Waals surface area contributed by atoms with Crippen molar-refractivity contribution in [2.75, 3.05) is 0 Å².